The van der Waals surface area contributed by atoms with E-state index < -0.39 is 0 Å². The average Bonchev–Trinajstić information content (AvgIpc) is 3.55. The molecule has 1 saturated carbocycles. The van der Waals surface area contributed by atoms with Crippen LogP contribution >= 0.6 is 0 Å². The Kier molecular flexibility index (Phi) is 9.83. The summed E-state index contributed by atoms with van der Waals surface area (Å²) in [4.78, 5) is 0. The van der Waals surface area contributed by atoms with Gasteiger partial charge < -0.3 is 10.2 Å². The third-order valence-electron chi connectivity index (χ3n) is 5.04. The Morgan fingerprint density at radius 1 is 0.630 bits per heavy atom. The largest absolute Gasteiger partial charge is 0.508 e. The molecule has 1 fully saturated rings. The summed E-state index contributed by atoms with van der Waals surface area (Å²) in [7, 11) is 0. The maximum atomic E-state index is 9.53. The van der Waals surface area contributed by atoms with Gasteiger partial charge in [-0.3, -0.25) is 0 Å². The van der Waals surface area contributed by atoms with Crippen molar-refractivity contribution < 1.29 is 10.2 Å². The molecule has 2 aromatic rings. The molecule has 0 aliphatic heterocycles. The third-order valence-corrected chi connectivity index (χ3v) is 5.04. The summed E-state index contributed by atoms with van der Waals surface area (Å²) in [6, 6.07) is 15.1. The minimum absolute atomic E-state index is 0.305. The predicted molar refractivity (Wildman–Crippen MR) is 115 cm³/mol. The highest BCUT2D eigenvalue weighted by Crippen LogP contribution is 2.32. The molecule has 0 spiro atoms. The molecule has 0 saturated heterocycles. The van der Waals surface area contributed by atoms with Gasteiger partial charge in [0.15, 0.2) is 0 Å². The van der Waals surface area contributed by atoms with Crippen molar-refractivity contribution in [3.05, 3.63) is 59.7 Å². The molecule has 0 bridgehead atoms. The van der Waals surface area contributed by atoms with Gasteiger partial charge in [0.1, 0.15) is 11.5 Å². The van der Waals surface area contributed by atoms with E-state index in [2.05, 4.69) is 6.92 Å². The van der Waals surface area contributed by atoms with Gasteiger partial charge in [0.25, 0.3) is 0 Å². The van der Waals surface area contributed by atoms with Crippen LogP contribution in [0, 0.1) is 0 Å². The van der Waals surface area contributed by atoms with Crippen molar-refractivity contribution in [1.29, 1.82) is 0 Å². The minimum Gasteiger partial charge on any atom is -0.508 e. The van der Waals surface area contributed by atoms with Crippen LogP contribution < -0.4 is 0 Å². The van der Waals surface area contributed by atoms with E-state index in [0.29, 0.717) is 17.4 Å². The standard InChI is InChI=1S/C22H30O2.C3H6/c1-2-3-4-5-6-7-8-9-22(18-10-14-20(23)15-11-18)19-12-16-21(24)17-13-19;1-2-3-1/h10-17,22-24H,2-9H2,1H3;1-3H2. The summed E-state index contributed by atoms with van der Waals surface area (Å²) in [5, 5.41) is 19.1. The van der Waals surface area contributed by atoms with Crippen molar-refractivity contribution in [1.82, 2.24) is 0 Å². The Hall–Kier alpha value is -1.96. The van der Waals surface area contributed by atoms with E-state index in [0.717, 1.165) is 6.42 Å². The van der Waals surface area contributed by atoms with Gasteiger partial charge in [0.05, 0.1) is 0 Å². The van der Waals surface area contributed by atoms with Crippen LogP contribution in [0.5, 0.6) is 11.5 Å². The number of unbranched alkanes of at least 4 members (excludes halogenated alkanes) is 6. The Morgan fingerprint density at radius 2 is 1.04 bits per heavy atom. The van der Waals surface area contributed by atoms with E-state index in [-0.39, 0.29) is 0 Å². The van der Waals surface area contributed by atoms with Crippen LogP contribution in [0.2, 0.25) is 0 Å². The topological polar surface area (TPSA) is 40.5 Å². The van der Waals surface area contributed by atoms with Gasteiger partial charge in [-0.2, -0.15) is 0 Å². The molecule has 2 heteroatoms. The molecule has 0 heterocycles. The van der Waals surface area contributed by atoms with Crippen molar-refractivity contribution in [2.45, 2.75) is 83.5 Å². The Bertz CT molecular complexity index is 566. The summed E-state index contributed by atoms with van der Waals surface area (Å²) in [5.41, 5.74) is 2.45. The van der Waals surface area contributed by atoms with Crippen LogP contribution in [0.25, 0.3) is 0 Å². The van der Waals surface area contributed by atoms with E-state index in [1.54, 1.807) is 24.3 Å². The van der Waals surface area contributed by atoms with Crippen LogP contribution in [0.1, 0.15) is 94.6 Å². The number of rotatable bonds is 10. The molecule has 0 unspecified atom stereocenters. The zero-order chi connectivity index (χ0) is 19.3. The Morgan fingerprint density at radius 3 is 1.44 bits per heavy atom. The molecule has 2 nitrogen and oxygen atoms in total. The highest BCUT2D eigenvalue weighted by Gasteiger charge is 2.14. The lowest BCUT2D eigenvalue weighted by atomic mass is 9.86. The summed E-state index contributed by atoms with van der Waals surface area (Å²) < 4.78 is 0. The molecule has 0 atom stereocenters. The second-order valence-corrected chi connectivity index (χ2v) is 7.71. The summed E-state index contributed by atoms with van der Waals surface area (Å²) in [5.74, 6) is 0.931. The monoisotopic (exact) mass is 368 g/mol. The van der Waals surface area contributed by atoms with Gasteiger partial charge >= 0.3 is 0 Å². The van der Waals surface area contributed by atoms with Gasteiger partial charge in [-0.25, -0.2) is 0 Å². The molecular weight excluding hydrogens is 332 g/mol. The van der Waals surface area contributed by atoms with Gasteiger partial charge in [-0.15, -0.1) is 0 Å². The van der Waals surface area contributed by atoms with Crippen molar-refractivity contribution in [2.75, 3.05) is 0 Å². The van der Waals surface area contributed by atoms with E-state index >= 15 is 0 Å². The fourth-order valence-electron chi connectivity index (χ4n) is 3.24. The fraction of sp³-hybridized carbons (Fsp3) is 0.520. The quantitative estimate of drug-likeness (QED) is 0.425. The fourth-order valence-corrected chi connectivity index (χ4v) is 3.24. The van der Waals surface area contributed by atoms with E-state index in [1.165, 1.54) is 75.3 Å². The lowest BCUT2D eigenvalue weighted by Crippen LogP contribution is -2.01. The van der Waals surface area contributed by atoms with Crippen molar-refractivity contribution in [3.63, 3.8) is 0 Å². The molecule has 0 aromatic heterocycles. The molecular formula is C25H36O2. The third kappa shape index (κ3) is 8.99. The lowest BCUT2D eigenvalue weighted by Gasteiger charge is -2.18. The first-order chi connectivity index (χ1) is 13.2. The maximum Gasteiger partial charge on any atom is 0.115 e. The second-order valence-electron chi connectivity index (χ2n) is 7.71. The molecule has 1 aliphatic rings. The summed E-state index contributed by atoms with van der Waals surface area (Å²) in [6.45, 7) is 2.25. The highest BCUT2D eigenvalue weighted by molar-refractivity contribution is 5.37. The second kappa shape index (κ2) is 12.4. The van der Waals surface area contributed by atoms with Crippen LogP contribution in [0.4, 0.5) is 0 Å². The number of benzene rings is 2. The van der Waals surface area contributed by atoms with E-state index in [9.17, 15) is 10.2 Å². The molecule has 3 rings (SSSR count). The molecule has 2 aromatic carbocycles. The highest BCUT2D eigenvalue weighted by atomic mass is 16.3. The number of hydrogen-bond acceptors (Lipinski definition) is 2. The van der Waals surface area contributed by atoms with Gasteiger partial charge in [-0.05, 0) is 41.8 Å². The van der Waals surface area contributed by atoms with E-state index in [4.69, 9.17) is 0 Å². The molecule has 0 amide bonds. The van der Waals surface area contributed by atoms with E-state index in [1.807, 2.05) is 24.3 Å². The van der Waals surface area contributed by atoms with Crippen molar-refractivity contribution >= 4 is 0 Å². The minimum atomic E-state index is 0.305. The smallest absolute Gasteiger partial charge is 0.115 e. The van der Waals surface area contributed by atoms with Crippen molar-refractivity contribution in [2.24, 2.45) is 0 Å². The number of hydrogen-bond donors (Lipinski definition) is 2. The zero-order valence-electron chi connectivity index (χ0n) is 16.9. The SMILES string of the molecule is C1CC1.CCCCCCCCCC(c1ccc(O)cc1)c1ccc(O)cc1. The lowest BCUT2D eigenvalue weighted by molar-refractivity contribution is 0.474. The maximum absolute atomic E-state index is 9.53. The average molecular weight is 369 g/mol. The molecule has 1 aliphatic carbocycles. The molecule has 148 valence electrons. The first-order valence-corrected chi connectivity index (χ1v) is 10.8. The predicted octanol–water partition coefficient (Wildman–Crippen LogP) is 7.54. The van der Waals surface area contributed by atoms with Crippen LogP contribution in [0.3, 0.4) is 0 Å². The van der Waals surface area contributed by atoms with Gasteiger partial charge in [0, 0.05) is 5.92 Å². The Balaban J connectivity index is 0.000000789. The zero-order valence-corrected chi connectivity index (χ0v) is 16.9. The Labute approximate surface area is 165 Å². The van der Waals surface area contributed by atoms with Crippen molar-refractivity contribution in [3.8, 4) is 11.5 Å². The van der Waals surface area contributed by atoms with Crippen LogP contribution in [-0.2, 0) is 0 Å². The summed E-state index contributed by atoms with van der Waals surface area (Å²) in [6.07, 6.45) is 14.7. The van der Waals surface area contributed by atoms with Crippen LogP contribution in [0.15, 0.2) is 48.5 Å². The molecule has 2 N–H and O–H groups in total. The number of aromatic hydroxyl groups is 2. The first kappa shape index (κ1) is 21.3. The summed E-state index contributed by atoms with van der Waals surface area (Å²) >= 11 is 0. The number of phenols is 2. The molecule has 0 radical (unpaired) electrons. The van der Waals surface area contributed by atoms with Gasteiger partial charge in [0.2, 0.25) is 0 Å². The van der Waals surface area contributed by atoms with Crippen LogP contribution in [-0.4, -0.2) is 10.2 Å². The number of phenolic OH excluding ortho intramolecular Hbond substituents is 2. The normalized spacial score (nSPS) is 12.5. The first-order valence-electron chi connectivity index (χ1n) is 10.8. The molecule has 27 heavy (non-hydrogen) atoms. The van der Waals surface area contributed by atoms with Gasteiger partial charge in [-0.1, -0.05) is 95.4 Å².